The molecule has 3 aromatic rings. The summed E-state index contributed by atoms with van der Waals surface area (Å²) in [6.45, 7) is 3.43. The lowest BCUT2D eigenvalue weighted by molar-refractivity contribution is 0.516. The summed E-state index contributed by atoms with van der Waals surface area (Å²) in [6, 6.07) is 28.1. The molecule has 0 aliphatic rings. The molecule has 0 fully saturated rings. The van der Waals surface area contributed by atoms with E-state index in [1.165, 1.54) is 5.56 Å². The minimum Gasteiger partial charge on any atom is -0.314 e. The van der Waals surface area contributed by atoms with Crippen molar-refractivity contribution in [2.75, 3.05) is 13.1 Å². The van der Waals surface area contributed by atoms with Gasteiger partial charge in [0.1, 0.15) is 0 Å². The first kappa shape index (κ1) is 20.3. The summed E-state index contributed by atoms with van der Waals surface area (Å²) >= 11 is 0. The number of sulfonamides is 1. The summed E-state index contributed by atoms with van der Waals surface area (Å²) in [5.74, 6) is 0.336. The Hall–Kier alpha value is -2.47. The van der Waals surface area contributed by atoms with Gasteiger partial charge in [0.25, 0.3) is 0 Å². The Morgan fingerprint density at radius 3 is 1.79 bits per heavy atom. The molecule has 0 amide bonds. The highest BCUT2D eigenvalue weighted by molar-refractivity contribution is 7.89. The molecule has 0 aromatic heterocycles. The molecule has 0 saturated heterocycles. The maximum Gasteiger partial charge on any atom is 0.241 e. The summed E-state index contributed by atoms with van der Waals surface area (Å²) in [6.07, 6.45) is 0. The monoisotopic (exact) mass is 394 g/mol. The molecule has 0 unspecified atom stereocenters. The van der Waals surface area contributed by atoms with E-state index in [0.717, 1.165) is 12.1 Å². The molecule has 2 N–H and O–H groups in total. The van der Waals surface area contributed by atoms with Crippen LogP contribution >= 0.6 is 0 Å². The van der Waals surface area contributed by atoms with Crippen LogP contribution in [-0.4, -0.2) is 21.5 Å². The lowest BCUT2D eigenvalue weighted by Gasteiger charge is -2.21. The predicted molar refractivity (Wildman–Crippen MR) is 114 cm³/mol. The van der Waals surface area contributed by atoms with E-state index in [9.17, 15) is 8.42 Å². The minimum absolute atomic E-state index is 0.272. The van der Waals surface area contributed by atoms with Gasteiger partial charge in [0.05, 0.1) is 10.9 Å². The highest BCUT2D eigenvalue weighted by atomic mass is 32.2. The van der Waals surface area contributed by atoms with Crippen LogP contribution in [0.1, 0.15) is 30.0 Å². The Morgan fingerprint density at radius 2 is 1.21 bits per heavy atom. The molecule has 0 aliphatic carbocycles. The molecule has 5 heteroatoms. The second-order valence-electron chi connectivity index (χ2n) is 6.87. The van der Waals surface area contributed by atoms with Gasteiger partial charge in [-0.3, -0.25) is 0 Å². The summed E-state index contributed by atoms with van der Waals surface area (Å²) in [5, 5.41) is 3.43. The normalized spacial score (nSPS) is 13.8. The molecular weight excluding hydrogens is 368 g/mol. The third kappa shape index (κ3) is 5.52. The van der Waals surface area contributed by atoms with Crippen LogP contribution in [0.15, 0.2) is 95.9 Å². The van der Waals surface area contributed by atoms with Crippen molar-refractivity contribution < 1.29 is 8.42 Å². The van der Waals surface area contributed by atoms with E-state index < -0.39 is 10.0 Å². The van der Waals surface area contributed by atoms with E-state index in [1.807, 2.05) is 48.5 Å². The van der Waals surface area contributed by atoms with E-state index in [0.29, 0.717) is 12.5 Å². The molecule has 0 heterocycles. The van der Waals surface area contributed by atoms with Crippen LogP contribution in [0.2, 0.25) is 0 Å². The zero-order chi connectivity index (χ0) is 19.8. The van der Waals surface area contributed by atoms with Crippen molar-refractivity contribution in [2.24, 2.45) is 0 Å². The predicted octanol–water partition coefficient (Wildman–Crippen LogP) is 4.10. The van der Waals surface area contributed by atoms with Gasteiger partial charge >= 0.3 is 0 Å². The van der Waals surface area contributed by atoms with Crippen molar-refractivity contribution in [3.05, 3.63) is 102 Å². The number of benzene rings is 3. The minimum atomic E-state index is -3.60. The van der Waals surface area contributed by atoms with Crippen LogP contribution < -0.4 is 10.0 Å². The molecule has 3 rings (SSSR count). The zero-order valence-corrected chi connectivity index (χ0v) is 16.8. The van der Waals surface area contributed by atoms with Crippen molar-refractivity contribution in [3.63, 3.8) is 0 Å². The van der Waals surface area contributed by atoms with Gasteiger partial charge in [0, 0.05) is 13.1 Å². The summed E-state index contributed by atoms with van der Waals surface area (Å²) in [7, 11) is -3.60. The van der Waals surface area contributed by atoms with Crippen molar-refractivity contribution in [2.45, 2.75) is 23.8 Å². The van der Waals surface area contributed by atoms with Crippen LogP contribution in [0.4, 0.5) is 0 Å². The van der Waals surface area contributed by atoms with Gasteiger partial charge in [0.15, 0.2) is 0 Å². The summed E-state index contributed by atoms with van der Waals surface area (Å²) in [5.41, 5.74) is 2.19. The van der Waals surface area contributed by atoms with Gasteiger partial charge in [-0.25, -0.2) is 13.1 Å². The topological polar surface area (TPSA) is 58.2 Å². The average Bonchev–Trinajstić information content (AvgIpc) is 2.75. The van der Waals surface area contributed by atoms with E-state index in [2.05, 4.69) is 29.1 Å². The Kier molecular flexibility index (Phi) is 6.98. The average molecular weight is 395 g/mol. The molecule has 28 heavy (non-hydrogen) atoms. The lowest BCUT2D eigenvalue weighted by Crippen LogP contribution is -2.36. The van der Waals surface area contributed by atoms with Crippen LogP contribution in [0.3, 0.4) is 0 Å². The second kappa shape index (κ2) is 9.64. The smallest absolute Gasteiger partial charge is 0.241 e. The first-order chi connectivity index (χ1) is 13.6. The Bertz CT molecular complexity index is 946. The fourth-order valence-electron chi connectivity index (χ4n) is 3.11. The van der Waals surface area contributed by atoms with Crippen LogP contribution in [0.25, 0.3) is 0 Å². The molecule has 3 aromatic carbocycles. The lowest BCUT2D eigenvalue weighted by atomic mass is 10.0. The SMILES string of the molecule is C[C@H](CNC[C@H](NS(=O)(=O)c1ccccc1)c1ccccc1)c1ccccc1. The summed E-state index contributed by atoms with van der Waals surface area (Å²) in [4.78, 5) is 0.272. The first-order valence-electron chi connectivity index (χ1n) is 9.44. The molecule has 4 nitrogen and oxygen atoms in total. The molecular formula is C23H26N2O2S. The van der Waals surface area contributed by atoms with E-state index in [4.69, 9.17) is 0 Å². The number of hydrogen-bond donors (Lipinski definition) is 2. The largest absolute Gasteiger partial charge is 0.314 e. The molecule has 0 saturated carbocycles. The van der Waals surface area contributed by atoms with Gasteiger partial charge in [-0.05, 0) is 29.2 Å². The highest BCUT2D eigenvalue weighted by Crippen LogP contribution is 2.18. The van der Waals surface area contributed by atoms with Crippen molar-refractivity contribution in [1.82, 2.24) is 10.0 Å². The quantitative estimate of drug-likeness (QED) is 0.574. The number of hydrogen-bond acceptors (Lipinski definition) is 3. The van der Waals surface area contributed by atoms with Crippen molar-refractivity contribution in [1.29, 1.82) is 0 Å². The van der Waals surface area contributed by atoms with Crippen LogP contribution in [0, 0.1) is 0 Å². The van der Waals surface area contributed by atoms with Gasteiger partial charge in [-0.15, -0.1) is 0 Å². The molecule has 0 aliphatic heterocycles. The Balaban J connectivity index is 1.70. The van der Waals surface area contributed by atoms with Crippen molar-refractivity contribution >= 4 is 10.0 Å². The fraction of sp³-hybridized carbons (Fsp3) is 0.217. The molecule has 0 bridgehead atoms. The third-order valence-electron chi connectivity index (χ3n) is 4.72. The second-order valence-corrected chi connectivity index (χ2v) is 8.58. The van der Waals surface area contributed by atoms with Gasteiger partial charge in [-0.2, -0.15) is 0 Å². The van der Waals surface area contributed by atoms with E-state index >= 15 is 0 Å². The molecule has 0 radical (unpaired) electrons. The number of rotatable bonds is 9. The van der Waals surface area contributed by atoms with Crippen molar-refractivity contribution in [3.8, 4) is 0 Å². The molecule has 146 valence electrons. The van der Waals surface area contributed by atoms with E-state index in [-0.39, 0.29) is 10.9 Å². The molecule has 2 atom stereocenters. The third-order valence-corrected chi connectivity index (χ3v) is 6.21. The fourth-order valence-corrected chi connectivity index (χ4v) is 4.36. The maximum absolute atomic E-state index is 12.8. The van der Waals surface area contributed by atoms with Crippen LogP contribution in [0.5, 0.6) is 0 Å². The molecule has 0 spiro atoms. The van der Waals surface area contributed by atoms with Gasteiger partial charge in [-0.1, -0.05) is 85.8 Å². The zero-order valence-electron chi connectivity index (χ0n) is 16.0. The Morgan fingerprint density at radius 1 is 0.714 bits per heavy atom. The van der Waals surface area contributed by atoms with E-state index in [1.54, 1.807) is 30.3 Å². The number of nitrogens with one attached hydrogen (secondary N) is 2. The standard InChI is InChI=1S/C23H26N2O2S/c1-19(20-11-5-2-6-12-20)17-24-18-23(21-13-7-3-8-14-21)25-28(26,27)22-15-9-4-10-16-22/h2-16,19,23-25H,17-18H2,1H3/t19-,23+/m1/s1. The van der Waals surface area contributed by atoms with Gasteiger partial charge < -0.3 is 5.32 Å². The maximum atomic E-state index is 12.8. The van der Waals surface area contributed by atoms with Crippen LogP contribution in [-0.2, 0) is 10.0 Å². The summed E-state index contributed by atoms with van der Waals surface area (Å²) < 4.78 is 28.4. The highest BCUT2D eigenvalue weighted by Gasteiger charge is 2.21. The Labute approximate surface area is 167 Å². The van der Waals surface area contributed by atoms with Gasteiger partial charge in [0.2, 0.25) is 10.0 Å². The first-order valence-corrected chi connectivity index (χ1v) is 10.9.